The first kappa shape index (κ1) is 29.9. The molecule has 0 aliphatic heterocycles. The van der Waals surface area contributed by atoms with Crippen molar-refractivity contribution < 1.29 is 21.7 Å². The van der Waals surface area contributed by atoms with Crippen LogP contribution in [-0.2, 0) is 0 Å². The van der Waals surface area contributed by atoms with E-state index in [9.17, 15) is 4.79 Å². The maximum absolute atomic E-state index is 12.8. The zero-order valence-corrected chi connectivity index (χ0v) is 25.7. The van der Waals surface area contributed by atoms with Gasteiger partial charge in [0.05, 0.1) is 21.0 Å². The van der Waals surface area contributed by atoms with E-state index in [1.807, 2.05) is 42.5 Å². The van der Waals surface area contributed by atoms with Gasteiger partial charge in [-0.3, -0.25) is 0 Å². The van der Waals surface area contributed by atoms with Gasteiger partial charge in [0.2, 0.25) is 0 Å². The van der Waals surface area contributed by atoms with E-state index in [-0.39, 0.29) is 29.5 Å². The van der Waals surface area contributed by atoms with Gasteiger partial charge in [0, 0.05) is 0 Å². The van der Waals surface area contributed by atoms with Crippen LogP contribution in [0.2, 0.25) is 0 Å². The van der Waals surface area contributed by atoms with Crippen LogP contribution >= 0.6 is 0 Å². The summed E-state index contributed by atoms with van der Waals surface area (Å²) >= 11 is 0. The summed E-state index contributed by atoms with van der Waals surface area (Å²) in [6, 6.07) is 18.2. The van der Waals surface area contributed by atoms with Crippen molar-refractivity contribution in [3.8, 4) is 28.4 Å². The summed E-state index contributed by atoms with van der Waals surface area (Å²) in [6.45, 7) is 8.55. The van der Waals surface area contributed by atoms with Crippen LogP contribution in [0.4, 0.5) is 0 Å². The number of carbonyl (C=O) groups is 1. The fraction of sp³-hybridized carbons (Fsp3) is 0.447. The van der Waals surface area contributed by atoms with Gasteiger partial charge in [0.25, 0.3) is 0 Å². The van der Waals surface area contributed by atoms with Crippen LogP contribution in [0, 0.1) is 0 Å². The van der Waals surface area contributed by atoms with Gasteiger partial charge in [0.1, 0.15) is 17.2 Å². The fourth-order valence-corrected chi connectivity index (χ4v) is 4.78. The van der Waals surface area contributed by atoms with Crippen LogP contribution in [-0.4, -0.2) is 18.7 Å². The summed E-state index contributed by atoms with van der Waals surface area (Å²) in [7, 11) is 0. The minimum atomic E-state index is -0.607. The Morgan fingerprint density at radius 1 is 0.762 bits per heavy atom. The van der Waals surface area contributed by atoms with Crippen LogP contribution in [0.1, 0.15) is 110 Å². The minimum absolute atomic E-state index is 0.0142. The summed E-state index contributed by atoms with van der Waals surface area (Å²) in [5, 5.41) is 0. The Morgan fingerprint density at radius 2 is 1.33 bits per heavy atom. The summed E-state index contributed by atoms with van der Waals surface area (Å²) in [5.74, 6) is 0.856. The van der Waals surface area contributed by atoms with Gasteiger partial charge in [-0.05, 0) is 98.6 Å². The maximum Gasteiger partial charge on any atom is 0.343 e. The molecule has 0 N–H and O–H groups in total. The highest BCUT2D eigenvalue weighted by molar-refractivity contribution is 5.91. The molecule has 0 heterocycles. The van der Waals surface area contributed by atoms with E-state index in [0.717, 1.165) is 49.0 Å². The molecular formula is C38H50O4. The molecule has 4 heteroatoms. The van der Waals surface area contributed by atoms with Crippen molar-refractivity contribution >= 4 is 5.97 Å². The monoisotopic (exact) mass is 572 g/mol. The van der Waals surface area contributed by atoms with E-state index < -0.39 is 5.97 Å². The third-order valence-electron chi connectivity index (χ3n) is 7.31. The largest absolute Gasteiger partial charge is 0.494 e. The van der Waals surface area contributed by atoms with Crippen molar-refractivity contribution in [2.75, 3.05) is 6.61 Å². The maximum atomic E-state index is 12.8. The first-order valence-corrected chi connectivity index (χ1v) is 15.9. The van der Waals surface area contributed by atoms with Crippen LogP contribution in [0.15, 0.2) is 85.4 Å². The Bertz CT molecular complexity index is 1250. The smallest absolute Gasteiger partial charge is 0.343 e. The minimum Gasteiger partial charge on any atom is -0.494 e. The molecule has 0 bridgehead atoms. The van der Waals surface area contributed by atoms with Gasteiger partial charge < -0.3 is 14.2 Å². The number of esters is 1. The van der Waals surface area contributed by atoms with Crippen LogP contribution < -0.4 is 14.2 Å². The molecule has 226 valence electrons. The SMILES string of the molecule is [2H]c1cc(C(=O)Oc2ccc(-c3ccc(O[C@@H](C)CCCCCC)cc3)cc2)cc([2H])c1OCCCCCCCCCC=C. The molecule has 0 aliphatic rings. The quantitative estimate of drug-likeness (QED) is 0.0551. The van der Waals surface area contributed by atoms with Crippen molar-refractivity contribution in [1.29, 1.82) is 0 Å². The lowest BCUT2D eigenvalue weighted by Gasteiger charge is -2.15. The first-order chi connectivity index (χ1) is 21.4. The molecule has 0 saturated heterocycles. The van der Waals surface area contributed by atoms with E-state index in [0.29, 0.717) is 12.4 Å². The van der Waals surface area contributed by atoms with Gasteiger partial charge in [0.15, 0.2) is 0 Å². The van der Waals surface area contributed by atoms with Crippen LogP contribution in [0.5, 0.6) is 17.2 Å². The number of benzene rings is 3. The number of allylic oxidation sites excluding steroid dienone is 1. The number of rotatable bonds is 21. The molecule has 0 fully saturated rings. The average Bonchev–Trinajstić information content (AvgIpc) is 3.02. The zero-order chi connectivity index (χ0) is 31.6. The Kier molecular flexibility index (Phi) is 13.9. The molecule has 0 radical (unpaired) electrons. The van der Waals surface area contributed by atoms with Crippen LogP contribution in [0.3, 0.4) is 0 Å². The number of hydrogen-bond acceptors (Lipinski definition) is 4. The predicted molar refractivity (Wildman–Crippen MR) is 175 cm³/mol. The number of carbonyl (C=O) groups excluding carboxylic acids is 1. The third kappa shape index (κ3) is 12.5. The van der Waals surface area contributed by atoms with Crippen molar-refractivity contribution in [1.82, 2.24) is 0 Å². The van der Waals surface area contributed by atoms with Gasteiger partial charge in [-0.15, -0.1) is 6.58 Å². The first-order valence-electron chi connectivity index (χ1n) is 16.9. The summed E-state index contributed by atoms with van der Waals surface area (Å²) in [5.41, 5.74) is 2.19. The molecule has 4 nitrogen and oxygen atoms in total. The van der Waals surface area contributed by atoms with E-state index in [4.69, 9.17) is 17.0 Å². The lowest BCUT2D eigenvalue weighted by molar-refractivity contribution is 0.0734. The van der Waals surface area contributed by atoms with Crippen LogP contribution in [0.25, 0.3) is 11.1 Å². The van der Waals surface area contributed by atoms with Gasteiger partial charge >= 0.3 is 5.97 Å². The highest BCUT2D eigenvalue weighted by Crippen LogP contribution is 2.26. The van der Waals surface area contributed by atoms with Crippen molar-refractivity contribution in [3.63, 3.8) is 0 Å². The van der Waals surface area contributed by atoms with Crippen molar-refractivity contribution in [3.05, 3.63) is 91.0 Å². The molecule has 0 unspecified atom stereocenters. The number of hydrogen-bond donors (Lipinski definition) is 0. The molecule has 0 saturated carbocycles. The normalized spacial score (nSPS) is 12.2. The highest BCUT2D eigenvalue weighted by atomic mass is 16.5. The fourth-order valence-electron chi connectivity index (χ4n) is 4.78. The molecule has 3 rings (SSSR count). The molecule has 0 amide bonds. The van der Waals surface area contributed by atoms with E-state index in [1.54, 1.807) is 12.1 Å². The molecular weight excluding hydrogens is 520 g/mol. The Hall–Kier alpha value is -3.53. The lowest BCUT2D eigenvalue weighted by atomic mass is 10.1. The lowest BCUT2D eigenvalue weighted by Crippen LogP contribution is -2.11. The predicted octanol–water partition coefficient (Wildman–Crippen LogP) is 11.0. The zero-order valence-electron chi connectivity index (χ0n) is 27.7. The van der Waals surface area contributed by atoms with Gasteiger partial charge in [-0.1, -0.05) is 88.6 Å². The molecule has 3 aromatic carbocycles. The van der Waals surface area contributed by atoms with Crippen molar-refractivity contribution in [2.24, 2.45) is 0 Å². The van der Waals surface area contributed by atoms with Crippen molar-refractivity contribution in [2.45, 2.75) is 103 Å². The molecule has 42 heavy (non-hydrogen) atoms. The molecule has 0 aliphatic carbocycles. The number of ether oxygens (including phenoxy) is 3. The average molecular weight is 573 g/mol. The molecule has 3 aromatic rings. The van der Waals surface area contributed by atoms with Gasteiger partial charge in [-0.2, -0.15) is 0 Å². The van der Waals surface area contributed by atoms with E-state index >= 15 is 0 Å². The van der Waals surface area contributed by atoms with Gasteiger partial charge in [-0.25, -0.2) is 4.79 Å². The Labute approximate surface area is 256 Å². The third-order valence-corrected chi connectivity index (χ3v) is 7.31. The second kappa shape index (κ2) is 19.6. The summed E-state index contributed by atoms with van der Waals surface area (Å²) in [4.78, 5) is 12.8. The molecule has 1 atom stereocenters. The van der Waals surface area contributed by atoms with E-state index in [1.165, 1.54) is 63.5 Å². The second-order valence-corrected chi connectivity index (χ2v) is 11.0. The summed E-state index contributed by atoms with van der Waals surface area (Å²) < 4.78 is 34.0. The number of unbranched alkanes of at least 4 members (excludes halogenated alkanes) is 10. The molecule has 0 aromatic heterocycles. The second-order valence-electron chi connectivity index (χ2n) is 11.0. The Balaban J connectivity index is 1.45. The van der Waals surface area contributed by atoms with E-state index in [2.05, 4.69) is 20.4 Å². The highest BCUT2D eigenvalue weighted by Gasteiger charge is 2.10. The summed E-state index contributed by atoms with van der Waals surface area (Å²) in [6.07, 6.45) is 17.3. The standard InChI is InChI=1S/C38H50O4/c1-4-6-8-10-11-12-13-14-16-30-40-35-24-22-34(23-25-35)38(39)42-37-28-20-33(21-29-37)32-18-26-36(27-19-32)41-31(3)17-15-9-7-5-2/h4,18-29,31H,1,5-17,30H2,2-3H3/t31-/m0/s1/i24D,25D. The molecule has 0 spiro atoms. The topological polar surface area (TPSA) is 44.8 Å². The Morgan fingerprint density at radius 3 is 1.95 bits per heavy atom.